The molecule has 0 bridgehead atoms. The molecule has 0 unspecified atom stereocenters. The normalized spacial score (nSPS) is 10.5. The van der Waals surface area contributed by atoms with Gasteiger partial charge in [0, 0.05) is 18.7 Å². The van der Waals surface area contributed by atoms with Crippen molar-refractivity contribution in [3.8, 4) is 6.07 Å². The van der Waals surface area contributed by atoms with E-state index in [9.17, 15) is 9.59 Å². The van der Waals surface area contributed by atoms with Gasteiger partial charge in [0.25, 0.3) is 5.56 Å². The zero-order chi connectivity index (χ0) is 22.9. The monoisotopic (exact) mass is 429 g/mol. The molecule has 1 heterocycles. The van der Waals surface area contributed by atoms with Gasteiger partial charge in [0.1, 0.15) is 11.6 Å². The Labute approximate surface area is 187 Å². The van der Waals surface area contributed by atoms with Crippen LogP contribution in [0.2, 0.25) is 0 Å². The Morgan fingerprint density at radius 2 is 1.62 bits per heavy atom. The van der Waals surface area contributed by atoms with E-state index in [1.54, 1.807) is 13.8 Å². The number of aryl methyl sites for hydroxylation is 1. The summed E-state index contributed by atoms with van der Waals surface area (Å²) in [5, 5.41) is 12.1. The van der Waals surface area contributed by atoms with Gasteiger partial charge in [-0.05, 0) is 48.1 Å². The minimum Gasteiger partial charge on any atom is -0.372 e. The lowest BCUT2D eigenvalue weighted by Gasteiger charge is -2.11. The molecule has 2 aromatic carbocycles. The summed E-state index contributed by atoms with van der Waals surface area (Å²) in [5.41, 5.74) is 5.14. The van der Waals surface area contributed by atoms with Crippen molar-refractivity contribution >= 4 is 5.91 Å². The zero-order valence-electron chi connectivity index (χ0n) is 18.4. The molecule has 3 rings (SSSR count). The van der Waals surface area contributed by atoms with E-state index in [1.807, 2.05) is 60.7 Å². The number of aromatic nitrogens is 1. The second kappa shape index (κ2) is 11.1. The van der Waals surface area contributed by atoms with Crippen LogP contribution in [0.3, 0.4) is 0 Å². The number of aromatic amines is 1. The topological polar surface area (TPSA) is 95.0 Å². The number of nitriles is 1. The molecule has 0 aliphatic carbocycles. The number of H-pyrrole nitrogens is 1. The molecule has 0 radical (unpaired) electrons. The molecule has 0 spiro atoms. The van der Waals surface area contributed by atoms with Gasteiger partial charge in [-0.3, -0.25) is 9.59 Å². The number of nitrogens with zero attached hydrogens (tertiary/aromatic N) is 1. The van der Waals surface area contributed by atoms with E-state index in [2.05, 4.69) is 10.3 Å². The number of carbonyl (C=O) groups excluding carboxylic acids is 1. The van der Waals surface area contributed by atoms with Crippen LogP contribution in [0.5, 0.6) is 0 Å². The van der Waals surface area contributed by atoms with Gasteiger partial charge in [-0.15, -0.1) is 0 Å². The molecule has 0 saturated heterocycles. The van der Waals surface area contributed by atoms with E-state index in [0.717, 1.165) is 22.3 Å². The second-order valence-electron chi connectivity index (χ2n) is 7.74. The van der Waals surface area contributed by atoms with Gasteiger partial charge in [0.15, 0.2) is 0 Å². The number of rotatable bonds is 9. The lowest BCUT2D eigenvalue weighted by molar-refractivity contribution is -0.121. The first-order valence-corrected chi connectivity index (χ1v) is 10.6. The minimum absolute atomic E-state index is 0.0798. The zero-order valence-corrected chi connectivity index (χ0v) is 18.4. The maximum absolute atomic E-state index is 12.3. The van der Waals surface area contributed by atoms with Gasteiger partial charge in [0.2, 0.25) is 5.91 Å². The highest BCUT2D eigenvalue weighted by Crippen LogP contribution is 2.15. The molecule has 3 aromatic rings. The SMILES string of the molecule is Cc1[nH]c(=O)c(C#N)c(C)c1CCC(=O)NCc1ccc(COCc2ccccc2)cc1. The molecule has 0 atom stereocenters. The van der Waals surface area contributed by atoms with Crippen LogP contribution < -0.4 is 10.9 Å². The van der Waals surface area contributed by atoms with Crippen LogP contribution in [-0.2, 0) is 35.7 Å². The summed E-state index contributed by atoms with van der Waals surface area (Å²) >= 11 is 0. The van der Waals surface area contributed by atoms with Crippen molar-refractivity contribution in [2.45, 2.75) is 46.4 Å². The van der Waals surface area contributed by atoms with Crippen molar-refractivity contribution < 1.29 is 9.53 Å². The molecule has 164 valence electrons. The number of hydrogen-bond acceptors (Lipinski definition) is 4. The van der Waals surface area contributed by atoms with Crippen LogP contribution in [0.1, 0.15) is 45.5 Å². The number of nitrogens with one attached hydrogen (secondary N) is 2. The van der Waals surface area contributed by atoms with Crippen LogP contribution in [0.4, 0.5) is 0 Å². The average Bonchev–Trinajstić information content (AvgIpc) is 2.79. The number of pyridine rings is 1. The van der Waals surface area contributed by atoms with Gasteiger partial charge < -0.3 is 15.0 Å². The average molecular weight is 430 g/mol. The Morgan fingerprint density at radius 3 is 2.28 bits per heavy atom. The molecule has 0 aliphatic rings. The molecule has 2 N–H and O–H groups in total. The maximum Gasteiger partial charge on any atom is 0.266 e. The van der Waals surface area contributed by atoms with Gasteiger partial charge in [-0.25, -0.2) is 0 Å². The highest BCUT2D eigenvalue weighted by Gasteiger charge is 2.13. The standard InChI is InChI=1S/C26H27N3O3/c1-18-23(19(2)29-26(31)24(18)14-27)12-13-25(30)28-15-20-8-10-22(11-9-20)17-32-16-21-6-4-3-5-7-21/h3-11H,12-13,15-17H2,1-2H3,(H,28,30)(H,29,31). The van der Waals surface area contributed by atoms with Crippen molar-refractivity contribution in [1.29, 1.82) is 5.26 Å². The molecule has 6 nitrogen and oxygen atoms in total. The third-order valence-corrected chi connectivity index (χ3v) is 5.42. The minimum atomic E-state index is -0.385. The van der Waals surface area contributed by atoms with E-state index in [1.165, 1.54) is 0 Å². The summed E-state index contributed by atoms with van der Waals surface area (Å²) in [6.07, 6.45) is 0.747. The van der Waals surface area contributed by atoms with Crippen LogP contribution in [0, 0.1) is 25.2 Å². The number of carbonyl (C=O) groups is 1. The first kappa shape index (κ1) is 23.0. The van der Waals surface area contributed by atoms with Gasteiger partial charge in [-0.2, -0.15) is 5.26 Å². The third kappa shape index (κ3) is 6.16. The maximum atomic E-state index is 12.3. The third-order valence-electron chi connectivity index (χ3n) is 5.42. The molecule has 1 aromatic heterocycles. The van der Waals surface area contributed by atoms with Gasteiger partial charge in [0.05, 0.1) is 13.2 Å². The van der Waals surface area contributed by atoms with Crippen LogP contribution >= 0.6 is 0 Å². The van der Waals surface area contributed by atoms with Crippen molar-refractivity contribution in [3.63, 3.8) is 0 Å². The molecule has 1 amide bonds. The Morgan fingerprint density at radius 1 is 1.00 bits per heavy atom. The fourth-order valence-electron chi connectivity index (χ4n) is 3.56. The highest BCUT2D eigenvalue weighted by molar-refractivity contribution is 5.76. The smallest absolute Gasteiger partial charge is 0.266 e. The van der Waals surface area contributed by atoms with Crippen LogP contribution in [-0.4, -0.2) is 10.9 Å². The summed E-state index contributed by atoms with van der Waals surface area (Å²) in [4.78, 5) is 26.8. The summed E-state index contributed by atoms with van der Waals surface area (Å²) in [6, 6.07) is 20.0. The molecule has 0 aliphatic heterocycles. The van der Waals surface area contributed by atoms with E-state index in [4.69, 9.17) is 10.00 Å². The summed E-state index contributed by atoms with van der Waals surface area (Å²) < 4.78 is 5.75. The van der Waals surface area contributed by atoms with E-state index < -0.39 is 0 Å². The predicted octanol–water partition coefficient (Wildman–Crippen LogP) is 3.83. The quantitative estimate of drug-likeness (QED) is 0.540. The Hall–Kier alpha value is -3.69. The molecule has 0 fully saturated rings. The summed E-state index contributed by atoms with van der Waals surface area (Å²) in [7, 11) is 0. The first-order valence-electron chi connectivity index (χ1n) is 10.6. The Bertz CT molecular complexity index is 1160. The fourth-order valence-corrected chi connectivity index (χ4v) is 3.56. The van der Waals surface area contributed by atoms with Gasteiger partial charge >= 0.3 is 0 Å². The molecule has 6 heteroatoms. The number of amides is 1. The lowest BCUT2D eigenvalue weighted by atomic mass is 9.99. The van der Waals surface area contributed by atoms with Gasteiger partial charge in [-0.1, -0.05) is 54.6 Å². The Balaban J connectivity index is 1.45. The first-order chi connectivity index (χ1) is 15.5. The van der Waals surface area contributed by atoms with Crippen LogP contribution in [0.25, 0.3) is 0 Å². The van der Waals surface area contributed by atoms with Crippen molar-refractivity contribution in [3.05, 3.63) is 104 Å². The fraction of sp³-hybridized carbons (Fsp3) is 0.269. The number of hydrogen-bond donors (Lipinski definition) is 2. The predicted molar refractivity (Wildman–Crippen MR) is 123 cm³/mol. The molecule has 0 saturated carbocycles. The highest BCUT2D eigenvalue weighted by atomic mass is 16.5. The molecular weight excluding hydrogens is 402 g/mol. The number of benzene rings is 2. The molecule has 32 heavy (non-hydrogen) atoms. The van der Waals surface area contributed by atoms with Crippen molar-refractivity contribution in [1.82, 2.24) is 10.3 Å². The second-order valence-corrected chi connectivity index (χ2v) is 7.74. The summed E-state index contributed by atoms with van der Waals surface area (Å²) in [5.74, 6) is -0.0798. The van der Waals surface area contributed by atoms with Crippen LogP contribution in [0.15, 0.2) is 59.4 Å². The Kier molecular flexibility index (Phi) is 7.96. The molecular formula is C26H27N3O3. The lowest BCUT2D eigenvalue weighted by Crippen LogP contribution is -2.24. The van der Waals surface area contributed by atoms with E-state index in [0.29, 0.717) is 37.4 Å². The van der Waals surface area contributed by atoms with E-state index >= 15 is 0 Å². The van der Waals surface area contributed by atoms with Crippen molar-refractivity contribution in [2.75, 3.05) is 0 Å². The largest absolute Gasteiger partial charge is 0.372 e. The summed E-state index contributed by atoms with van der Waals surface area (Å²) in [6.45, 7) is 5.08. The number of ether oxygens (including phenoxy) is 1. The van der Waals surface area contributed by atoms with Crippen molar-refractivity contribution in [2.24, 2.45) is 0 Å². The van der Waals surface area contributed by atoms with E-state index in [-0.39, 0.29) is 23.5 Å².